The highest BCUT2D eigenvalue weighted by Crippen LogP contribution is 2.13. The van der Waals surface area contributed by atoms with Crippen LogP contribution in [0.25, 0.3) is 0 Å². The molecule has 0 saturated carbocycles. The van der Waals surface area contributed by atoms with E-state index < -0.39 is 0 Å². The number of nitrogens with two attached hydrogens (primary N) is 1. The molecule has 5 heteroatoms. The standard InChI is InChI=1S/C13H17N5/c14-5-2-8-18(13-4-7-16-11-17-13)10-12-3-1-6-15-9-12/h1,3-4,6-7,9,11H,2,5,8,10,14H2. The van der Waals surface area contributed by atoms with E-state index in [4.69, 9.17) is 5.73 Å². The van der Waals surface area contributed by atoms with Crippen LogP contribution in [0.3, 0.4) is 0 Å². The molecule has 0 aliphatic rings. The summed E-state index contributed by atoms with van der Waals surface area (Å²) in [5.41, 5.74) is 6.74. The lowest BCUT2D eigenvalue weighted by molar-refractivity contribution is 0.723. The number of hydrogen-bond acceptors (Lipinski definition) is 5. The second-order valence-electron chi connectivity index (χ2n) is 3.99. The zero-order chi connectivity index (χ0) is 12.6. The summed E-state index contributed by atoms with van der Waals surface area (Å²) < 4.78 is 0. The summed E-state index contributed by atoms with van der Waals surface area (Å²) in [6.45, 7) is 2.34. The van der Waals surface area contributed by atoms with Gasteiger partial charge in [0.05, 0.1) is 0 Å². The number of rotatable bonds is 6. The van der Waals surface area contributed by atoms with Gasteiger partial charge in [-0.3, -0.25) is 4.98 Å². The number of anilines is 1. The van der Waals surface area contributed by atoms with Crippen molar-refractivity contribution in [1.82, 2.24) is 15.0 Å². The second kappa shape index (κ2) is 6.66. The molecule has 94 valence electrons. The van der Waals surface area contributed by atoms with Crippen LogP contribution in [0.2, 0.25) is 0 Å². The summed E-state index contributed by atoms with van der Waals surface area (Å²) in [6.07, 6.45) is 7.90. The van der Waals surface area contributed by atoms with E-state index in [9.17, 15) is 0 Å². The lowest BCUT2D eigenvalue weighted by Crippen LogP contribution is -2.26. The Morgan fingerprint density at radius 2 is 2.11 bits per heavy atom. The molecule has 0 saturated heterocycles. The van der Waals surface area contributed by atoms with Gasteiger partial charge in [0, 0.05) is 31.7 Å². The molecule has 0 atom stereocenters. The highest BCUT2D eigenvalue weighted by atomic mass is 15.2. The number of hydrogen-bond donors (Lipinski definition) is 1. The van der Waals surface area contributed by atoms with Gasteiger partial charge in [-0.1, -0.05) is 6.07 Å². The van der Waals surface area contributed by atoms with Crippen molar-refractivity contribution in [3.8, 4) is 0 Å². The molecule has 0 fully saturated rings. The Morgan fingerprint density at radius 1 is 1.17 bits per heavy atom. The average molecular weight is 243 g/mol. The van der Waals surface area contributed by atoms with Crippen molar-refractivity contribution in [2.45, 2.75) is 13.0 Å². The van der Waals surface area contributed by atoms with Crippen molar-refractivity contribution < 1.29 is 0 Å². The summed E-state index contributed by atoms with van der Waals surface area (Å²) in [4.78, 5) is 14.5. The first-order chi connectivity index (χ1) is 8.90. The number of nitrogens with zero attached hydrogens (tertiary/aromatic N) is 4. The van der Waals surface area contributed by atoms with Gasteiger partial charge >= 0.3 is 0 Å². The molecular formula is C13H17N5. The molecule has 0 spiro atoms. The maximum Gasteiger partial charge on any atom is 0.132 e. The van der Waals surface area contributed by atoms with E-state index >= 15 is 0 Å². The Kier molecular flexibility index (Phi) is 4.60. The summed E-state index contributed by atoms with van der Waals surface area (Å²) in [6, 6.07) is 5.91. The molecule has 0 aliphatic heterocycles. The highest BCUT2D eigenvalue weighted by molar-refractivity contribution is 5.37. The van der Waals surface area contributed by atoms with Gasteiger partial charge < -0.3 is 10.6 Å². The first-order valence-electron chi connectivity index (χ1n) is 6.00. The smallest absolute Gasteiger partial charge is 0.132 e. The molecular weight excluding hydrogens is 226 g/mol. The molecule has 0 unspecified atom stereocenters. The van der Waals surface area contributed by atoms with E-state index in [0.717, 1.165) is 30.9 Å². The van der Waals surface area contributed by atoms with Crippen molar-refractivity contribution >= 4 is 5.82 Å². The van der Waals surface area contributed by atoms with Gasteiger partial charge in [0.25, 0.3) is 0 Å². The molecule has 5 nitrogen and oxygen atoms in total. The predicted molar refractivity (Wildman–Crippen MR) is 71.0 cm³/mol. The lowest BCUT2D eigenvalue weighted by atomic mass is 10.2. The fourth-order valence-electron chi connectivity index (χ4n) is 1.74. The largest absolute Gasteiger partial charge is 0.352 e. The molecule has 2 N–H and O–H groups in total. The molecule has 18 heavy (non-hydrogen) atoms. The summed E-state index contributed by atoms with van der Waals surface area (Å²) in [7, 11) is 0. The Hall–Kier alpha value is -2.01. The third-order valence-electron chi connectivity index (χ3n) is 2.62. The first kappa shape index (κ1) is 12.4. The van der Waals surface area contributed by atoms with Crippen molar-refractivity contribution in [3.05, 3.63) is 48.7 Å². The van der Waals surface area contributed by atoms with E-state index in [-0.39, 0.29) is 0 Å². The van der Waals surface area contributed by atoms with Crippen LogP contribution in [-0.2, 0) is 6.54 Å². The van der Waals surface area contributed by atoms with E-state index in [1.807, 2.05) is 18.3 Å². The quantitative estimate of drug-likeness (QED) is 0.826. The fourth-order valence-corrected chi connectivity index (χ4v) is 1.74. The number of pyridine rings is 1. The first-order valence-corrected chi connectivity index (χ1v) is 6.00. The van der Waals surface area contributed by atoms with Gasteiger partial charge in [-0.05, 0) is 30.7 Å². The van der Waals surface area contributed by atoms with Crippen molar-refractivity contribution in [1.29, 1.82) is 0 Å². The van der Waals surface area contributed by atoms with Gasteiger partial charge in [-0.2, -0.15) is 0 Å². The summed E-state index contributed by atoms with van der Waals surface area (Å²) in [5.74, 6) is 0.919. The zero-order valence-corrected chi connectivity index (χ0v) is 10.2. The van der Waals surface area contributed by atoms with Crippen LogP contribution in [0.4, 0.5) is 5.82 Å². The Labute approximate surface area is 107 Å². The van der Waals surface area contributed by atoms with Crippen molar-refractivity contribution in [3.63, 3.8) is 0 Å². The van der Waals surface area contributed by atoms with E-state index in [1.54, 1.807) is 18.7 Å². The summed E-state index contributed by atoms with van der Waals surface area (Å²) >= 11 is 0. The molecule has 2 aromatic rings. The van der Waals surface area contributed by atoms with E-state index in [1.165, 1.54) is 0 Å². The molecule has 0 aliphatic carbocycles. The van der Waals surface area contributed by atoms with Crippen LogP contribution < -0.4 is 10.6 Å². The third kappa shape index (κ3) is 3.49. The van der Waals surface area contributed by atoms with Gasteiger partial charge in [0.2, 0.25) is 0 Å². The average Bonchev–Trinajstić information content (AvgIpc) is 2.45. The molecule has 2 aromatic heterocycles. The Morgan fingerprint density at radius 3 is 2.78 bits per heavy atom. The van der Waals surface area contributed by atoms with Crippen LogP contribution in [-0.4, -0.2) is 28.0 Å². The zero-order valence-electron chi connectivity index (χ0n) is 10.2. The SMILES string of the molecule is NCCCN(Cc1cccnc1)c1ccncn1. The molecule has 0 aromatic carbocycles. The monoisotopic (exact) mass is 243 g/mol. The Balaban J connectivity index is 2.10. The molecule has 0 bridgehead atoms. The molecule has 2 rings (SSSR count). The van der Waals surface area contributed by atoms with Crippen LogP contribution in [0.5, 0.6) is 0 Å². The van der Waals surface area contributed by atoms with Crippen LogP contribution in [0, 0.1) is 0 Å². The highest BCUT2D eigenvalue weighted by Gasteiger charge is 2.07. The minimum absolute atomic E-state index is 0.675. The van der Waals surface area contributed by atoms with Crippen molar-refractivity contribution in [2.24, 2.45) is 5.73 Å². The van der Waals surface area contributed by atoms with Gasteiger partial charge in [-0.25, -0.2) is 9.97 Å². The fraction of sp³-hybridized carbons (Fsp3) is 0.308. The number of aromatic nitrogens is 3. The molecule has 2 heterocycles. The maximum absolute atomic E-state index is 5.58. The third-order valence-corrected chi connectivity index (χ3v) is 2.62. The van der Waals surface area contributed by atoms with Gasteiger partial charge in [0.1, 0.15) is 12.1 Å². The minimum Gasteiger partial charge on any atom is -0.352 e. The molecule has 0 amide bonds. The van der Waals surface area contributed by atoms with E-state index in [2.05, 4.69) is 25.9 Å². The van der Waals surface area contributed by atoms with Crippen LogP contribution >= 0.6 is 0 Å². The minimum atomic E-state index is 0.675. The topological polar surface area (TPSA) is 67.9 Å². The van der Waals surface area contributed by atoms with Gasteiger partial charge in [-0.15, -0.1) is 0 Å². The Bertz CT molecular complexity index is 445. The maximum atomic E-state index is 5.58. The summed E-state index contributed by atoms with van der Waals surface area (Å²) in [5, 5.41) is 0. The predicted octanol–water partition coefficient (Wildman–Crippen LogP) is 1.23. The van der Waals surface area contributed by atoms with Crippen LogP contribution in [0.15, 0.2) is 43.1 Å². The van der Waals surface area contributed by atoms with Crippen LogP contribution in [0.1, 0.15) is 12.0 Å². The second-order valence-corrected chi connectivity index (χ2v) is 3.99. The van der Waals surface area contributed by atoms with Gasteiger partial charge in [0.15, 0.2) is 0 Å². The normalized spacial score (nSPS) is 10.3. The van der Waals surface area contributed by atoms with E-state index in [0.29, 0.717) is 6.54 Å². The van der Waals surface area contributed by atoms with Crippen molar-refractivity contribution in [2.75, 3.05) is 18.0 Å². The molecule has 0 radical (unpaired) electrons. The lowest BCUT2D eigenvalue weighted by Gasteiger charge is -2.23.